The number of fused-ring (bicyclic) bond motifs is 1. The van der Waals surface area contributed by atoms with Gasteiger partial charge in [-0.3, -0.25) is 0 Å². The van der Waals surface area contributed by atoms with Gasteiger partial charge in [0, 0.05) is 23.1 Å². The molecule has 1 heterocycles. The molecule has 3 rings (SSSR count). The van der Waals surface area contributed by atoms with Gasteiger partial charge in [-0.1, -0.05) is 17.0 Å². The van der Waals surface area contributed by atoms with Crippen molar-refractivity contribution in [1.29, 1.82) is 0 Å². The molecule has 1 aliphatic carbocycles. The lowest BCUT2D eigenvalue weighted by molar-refractivity contribution is 0.174. The number of benzene rings is 1. The zero-order valence-corrected chi connectivity index (χ0v) is 9.14. The SMILES string of the molecule is O/N=C/c1cc2c(cc1C#CC1CC1)OCO2. The topological polar surface area (TPSA) is 51.1 Å². The summed E-state index contributed by atoms with van der Waals surface area (Å²) < 4.78 is 10.6. The molecule has 4 nitrogen and oxygen atoms in total. The summed E-state index contributed by atoms with van der Waals surface area (Å²) in [6.07, 6.45) is 3.72. The van der Waals surface area contributed by atoms with Crippen molar-refractivity contribution < 1.29 is 14.7 Å². The molecule has 0 atom stereocenters. The molecular weight excluding hydrogens is 218 g/mol. The molecule has 86 valence electrons. The van der Waals surface area contributed by atoms with E-state index >= 15 is 0 Å². The van der Waals surface area contributed by atoms with Gasteiger partial charge in [0.05, 0.1) is 6.21 Å². The number of rotatable bonds is 1. The molecule has 0 spiro atoms. The maximum atomic E-state index is 8.63. The first-order valence-corrected chi connectivity index (χ1v) is 5.49. The van der Waals surface area contributed by atoms with Crippen LogP contribution in [0.1, 0.15) is 24.0 Å². The van der Waals surface area contributed by atoms with Crippen LogP contribution in [0.4, 0.5) is 0 Å². The van der Waals surface area contributed by atoms with Gasteiger partial charge >= 0.3 is 0 Å². The smallest absolute Gasteiger partial charge is 0.231 e. The van der Waals surface area contributed by atoms with E-state index in [4.69, 9.17) is 14.7 Å². The predicted molar refractivity (Wildman–Crippen MR) is 61.5 cm³/mol. The van der Waals surface area contributed by atoms with Gasteiger partial charge in [-0.05, 0) is 18.9 Å². The van der Waals surface area contributed by atoms with Gasteiger partial charge in [0.2, 0.25) is 6.79 Å². The normalized spacial score (nSPS) is 16.9. The van der Waals surface area contributed by atoms with Crippen LogP contribution in [-0.2, 0) is 0 Å². The third-order valence-electron chi connectivity index (χ3n) is 2.73. The number of hydrogen-bond donors (Lipinski definition) is 1. The molecule has 0 aromatic heterocycles. The molecule has 1 aliphatic heterocycles. The van der Waals surface area contributed by atoms with Crippen LogP contribution in [0.3, 0.4) is 0 Å². The molecule has 17 heavy (non-hydrogen) atoms. The third-order valence-corrected chi connectivity index (χ3v) is 2.73. The van der Waals surface area contributed by atoms with Crippen molar-refractivity contribution in [3.05, 3.63) is 23.3 Å². The van der Waals surface area contributed by atoms with E-state index in [9.17, 15) is 0 Å². The first-order valence-electron chi connectivity index (χ1n) is 5.49. The predicted octanol–water partition coefficient (Wildman–Crippen LogP) is 1.98. The summed E-state index contributed by atoms with van der Waals surface area (Å²) in [6.45, 7) is 0.227. The van der Waals surface area contributed by atoms with Gasteiger partial charge in [-0.2, -0.15) is 0 Å². The van der Waals surface area contributed by atoms with E-state index in [-0.39, 0.29) is 6.79 Å². The lowest BCUT2D eigenvalue weighted by Gasteiger charge is -2.01. The van der Waals surface area contributed by atoms with Crippen molar-refractivity contribution in [2.45, 2.75) is 12.8 Å². The van der Waals surface area contributed by atoms with Crippen LogP contribution < -0.4 is 9.47 Å². The maximum absolute atomic E-state index is 8.63. The van der Waals surface area contributed by atoms with Crippen molar-refractivity contribution in [1.82, 2.24) is 0 Å². The van der Waals surface area contributed by atoms with Gasteiger partial charge in [0.15, 0.2) is 11.5 Å². The second-order valence-corrected chi connectivity index (χ2v) is 4.08. The molecular formula is C13H11NO3. The largest absolute Gasteiger partial charge is 0.454 e. The Hall–Kier alpha value is -2.15. The van der Waals surface area contributed by atoms with Gasteiger partial charge in [-0.15, -0.1) is 0 Å². The van der Waals surface area contributed by atoms with Gasteiger partial charge in [0.25, 0.3) is 0 Å². The highest BCUT2D eigenvalue weighted by atomic mass is 16.7. The average Bonchev–Trinajstić information content (AvgIpc) is 3.05. The van der Waals surface area contributed by atoms with Crippen molar-refractivity contribution in [2.24, 2.45) is 11.1 Å². The Morgan fingerprint density at radius 3 is 2.76 bits per heavy atom. The zero-order chi connectivity index (χ0) is 11.7. The van der Waals surface area contributed by atoms with E-state index in [0.29, 0.717) is 17.4 Å². The average molecular weight is 229 g/mol. The summed E-state index contributed by atoms with van der Waals surface area (Å²) in [4.78, 5) is 0. The summed E-state index contributed by atoms with van der Waals surface area (Å²) in [5, 5.41) is 11.7. The summed E-state index contributed by atoms with van der Waals surface area (Å²) in [5.74, 6) is 8.16. The number of hydrogen-bond acceptors (Lipinski definition) is 4. The van der Waals surface area contributed by atoms with Gasteiger partial charge < -0.3 is 14.7 Å². The Morgan fingerprint density at radius 2 is 2.06 bits per heavy atom. The highest BCUT2D eigenvalue weighted by Gasteiger charge is 2.19. The Kier molecular flexibility index (Phi) is 2.37. The summed E-state index contributed by atoms with van der Waals surface area (Å²) in [6, 6.07) is 3.60. The molecule has 4 heteroatoms. The van der Waals surface area contributed by atoms with Crippen LogP contribution in [0.2, 0.25) is 0 Å². The molecule has 0 radical (unpaired) electrons. The molecule has 1 aromatic carbocycles. The van der Waals surface area contributed by atoms with E-state index < -0.39 is 0 Å². The van der Waals surface area contributed by atoms with E-state index in [1.807, 2.05) is 6.07 Å². The van der Waals surface area contributed by atoms with Crippen LogP contribution in [0.25, 0.3) is 0 Å². The molecule has 0 amide bonds. The summed E-state index contributed by atoms with van der Waals surface area (Å²) >= 11 is 0. The molecule has 1 aromatic rings. The minimum Gasteiger partial charge on any atom is -0.454 e. The number of ether oxygens (including phenoxy) is 2. The van der Waals surface area contributed by atoms with Gasteiger partial charge in [-0.25, -0.2) is 0 Å². The number of nitrogens with zero attached hydrogens (tertiary/aromatic N) is 1. The van der Waals surface area contributed by atoms with Crippen LogP contribution in [-0.4, -0.2) is 18.2 Å². The molecule has 0 bridgehead atoms. The minimum atomic E-state index is 0.227. The summed E-state index contributed by atoms with van der Waals surface area (Å²) in [5.41, 5.74) is 1.55. The van der Waals surface area contributed by atoms with Crippen LogP contribution in [0.5, 0.6) is 11.5 Å². The van der Waals surface area contributed by atoms with E-state index in [0.717, 1.165) is 11.1 Å². The fourth-order valence-electron chi connectivity index (χ4n) is 1.64. The van der Waals surface area contributed by atoms with Crippen molar-refractivity contribution >= 4 is 6.21 Å². The summed E-state index contributed by atoms with van der Waals surface area (Å²) in [7, 11) is 0. The standard InChI is InChI=1S/C13H11NO3/c15-14-7-11-6-13-12(16-8-17-13)5-10(11)4-3-9-1-2-9/h5-7,9,15H,1-2,8H2/b14-7+. The second kappa shape index (κ2) is 4.02. The maximum Gasteiger partial charge on any atom is 0.231 e. The molecule has 1 saturated carbocycles. The minimum absolute atomic E-state index is 0.227. The molecule has 0 saturated heterocycles. The van der Waals surface area contributed by atoms with E-state index in [1.165, 1.54) is 19.1 Å². The van der Waals surface area contributed by atoms with Crippen LogP contribution in [0, 0.1) is 17.8 Å². The molecule has 1 N–H and O–H groups in total. The second-order valence-electron chi connectivity index (χ2n) is 4.08. The molecule has 1 fully saturated rings. The van der Waals surface area contributed by atoms with E-state index in [1.54, 1.807) is 6.07 Å². The van der Waals surface area contributed by atoms with Gasteiger partial charge in [0.1, 0.15) is 0 Å². The monoisotopic (exact) mass is 229 g/mol. The quantitative estimate of drug-likeness (QED) is 0.347. The number of oxime groups is 1. The zero-order valence-electron chi connectivity index (χ0n) is 9.14. The first kappa shape index (κ1) is 10.0. The fraction of sp³-hybridized carbons (Fsp3) is 0.308. The van der Waals surface area contributed by atoms with Crippen molar-refractivity contribution in [2.75, 3.05) is 6.79 Å². The molecule has 2 aliphatic rings. The Morgan fingerprint density at radius 1 is 1.29 bits per heavy atom. The van der Waals surface area contributed by atoms with E-state index in [2.05, 4.69) is 17.0 Å². The third kappa shape index (κ3) is 2.04. The lowest BCUT2D eigenvalue weighted by atomic mass is 10.1. The van der Waals surface area contributed by atoms with Crippen molar-refractivity contribution in [3.63, 3.8) is 0 Å². The molecule has 0 unspecified atom stereocenters. The lowest BCUT2D eigenvalue weighted by Crippen LogP contribution is -1.92. The Balaban J connectivity index is 2.02. The fourth-order valence-corrected chi connectivity index (χ4v) is 1.64. The van der Waals surface area contributed by atoms with Crippen molar-refractivity contribution in [3.8, 4) is 23.3 Å². The highest BCUT2D eigenvalue weighted by molar-refractivity contribution is 5.84. The van der Waals surface area contributed by atoms with Crippen LogP contribution in [0.15, 0.2) is 17.3 Å². The Labute approximate surface area is 98.8 Å². The Bertz CT molecular complexity index is 536. The van der Waals surface area contributed by atoms with Crippen LogP contribution >= 0.6 is 0 Å². The first-order chi connectivity index (χ1) is 8.36. The highest BCUT2D eigenvalue weighted by Crippen LogP contribution is 2.34.